The Morgan fingerprint density at radius 1 is 0.386 bits per heavy atom. The number of hydrogen-bond donors (Lipinski definition) is 0. The van der Waals surface area contributed by atoms with E-state index in [9.17, 15) is 0 Å². The molecule has 12 heteroatoms. The fourth-order valence-corrected chi connectivity index (χ4v) is 8.93. The molecule has 0 saturated carbocycles. The molecule has 0 bridgehead atoms. The zero-order valence-electron chi connectivity index (χ0n) is 30.2. The highest BCUT2D eigenvalue weighted by atomic mass is 32.1. The summed E-state index contributed by atoms with van der Waals surface area (Å²) in [6.07, 6.45) is 0. The van der Waals surface area contributed by atoms with Crippen LogP contribution in [0.3, 0.4) is 0 Å². The monoisotopic (exact) mass is 727 g/mol. The summed E-state index contributed by atoms with van der Waals surface area (Å²) in [5.74, 6) is 1.44. The number of nitrogens with zero attached hydrogens (tertiary/aromatic N) is 3. The molecule has 0 unspecified atom stereocenters. The summed E-state index contributed by atoms with van der Waals surface area (Å²) in [6, 6.07) is 40.0. The topological polar surface area (TPSA) is 51.8 Å². The Labute approximate surface area is 342 Å². The third kappa shape index (κ3) is 5.64. The Hall–Kier alpha value is -5.98. The summed E-state index contributed by atoms with van der Waals surface area (Å²) in [5, 5.41) is 3.17. The van der Waals surface area contributed by atoms with E-state index in [2.05, 4.69) is 24.3 Å². The first-order valence-corrected chi connectivity index (χ1v) is 18.9. The third-order valence-corrected chi connectivity index (χ3v) is 11.8. The van der Waals surface area contributed by atoms with Crippen molar-refractivity contribution < 1.29 is 4.42 Å². The van der Waals surface area contributed by atoms with Crippen molar-refractivity contribution in [2.24, 2.45) is 0 Å². The molecule has 0 aliphatic heterocycles. The lowest BCUT2D eigenvalue weighted by molar-refractivity contribution is 0.669. The molecule has 10 aromatic rings. The lowest BCUT2D eigenvalue weighted by Crippen LogP contribution is -2.47. The molecular formula is C45H20B7N3OS. The van der Waals surface area contributed by atoms with Gasteiger partial charge in [-0.2, -0.15) is 0 Å². The number of furan rings is 1. The van der Waals surface area contributed by atoms with Gasteiger partial charge in [0.2, 0.25) is 0 Å². The predicted molar refractivity (Wildman–Crippen MR) is 245 cm³/mol. The average Bonchev–Trinajstić information content (AvgIpc) is 3.84. The van der Waals surface area contributed by atoms with Crippen LogP contribution in [-0.4, -0.2) is 69.9 Å². The van der Waals surface area contributed by atoms with Crippen LogP contribution in [0.1, 0.15) is 0 Å². The first-order valence-electron chi connectivity index (χ1n) is 18.1. The Bertz CT molecular complexity index is 3270. The molecule has 3 heterocycles. The standard InChI is InChI=1S/C45H20B7N3OS/c46-34-30(32-33-35(47)36(48)38(50)40(52)42(33)57-41(32)39(51)37(34)49)24-10-6-11-25(20-24)44-53-43(23-18-16-22(17-19-23)21-8-2-1-3-9-21)54-45(55-44)27-13-7-15-29-31(27)26-12-4-5-14-28(26)56-29/h1-20H. The minimum Gasteiger partial charge on any atom is -0.456 e. The minimum absolute atomic E-state index is 0.191. The van der Waals surface area contributed by atoms with Crippen LogP contribution in [0.25, 0.3) is 98.5 Å². The van der Waals surface area contributed by atoms with Crippen molar-refractivity contribution in [2.75, 3.05) is 0 Å². The number of fused-ring (bicyclic) bond motifs is 6. The average molecular weight is 726 g/mol. The number of hydrogen-bond acceptors (Lipinski definition) is 5. The van der Waals surface area contributed by atoms with E-state index in [4.69, 9.17) is 74.3 Å². The minimum atomic E-state index is 0.191. The second-order valence-corrected chi connectivity index (χ2v) is 14.9. The molecule has 0 aliphatic rings. The Morgan fingerprint density at radius 3 is 1.70 bits per heavy atom. The van der Waals surface area contributed by atoms with Gasteiger partial charge in [0.15, 0.2) is 17.5 Å². The first-order chi connectivity index (χ1) is 27.7. The molecule has 0 fully saturated rings. The molecule has 248 valence electrons. The van der Waals surface area contributed by atoms with Crippen molar-refractivity contribution in [3.05, 3.63) is 121 Å². The molecule has 0 amide bonds. The van der Waals surface area contributed by atoms with Crippen LogP contribution in [0.5, 0.6) is 0 Å². The van der Waals surface area contributed by atoms with Crippen LogP contribution in [-0.2, 0) is 0 Å². The molecule has 0 spiro atoms. The molecule has 0 saturated heterocycles. The van der Waals surface area contributed by atoms with Gasteiger partial charge in [-0.3, -0.25) is 0 Å². The van der Waals surface area contributed by atoms with Crippen LogP contribution >= 0.6 is 11.3 Å². The number of rotatable bonds is 5. The van der Waals surface area contributed by atoms with Gasteiger partial charge >= 0.3 is 0 Å². The number of thiophene rings is 1. The maximum Gasteiger partial charge on any atom is 0.164 e. The van der Waals surface area contributed by atoms with Crippen LogP contribution in [0, 0.1) is 0 Å². The smallest absolute Gasteiger partial charge is 0.164 e. The number of benzene rings is 7. The zero-order chi connectivity index (χ0) is 39.1. The maximum atomic E-state index is 6.84. The molecular weight excluding hydrogens is 706 g/mol. The highest BCUT2D eigenvalue weighted by Crippen LogP contribution is 2.39. The van der Waals surface area contributed by atoms with Crippen LogP contribution in [0.4, 0.5) is 0 Å². The van der Waals surface area contributed by atoms with E-state index in [1.54, 1.807) is 0 Å². The van der Waals surface area contributed by atoms with Gasteiger partial charge in [0.1, 0.15) is 66.1 Å². The summed E-state index contributed by atoms with van der Waals surface area (Å²) in [6.45, 7) is 0. The van der Waals surface area contributed by atoms with E-state index in [1.807, 2.05) is 97.1 Å². The number of aromatic nitrogens is 3. The zero-order valence-corrected chi connectivity index (χ0v) is 31.1. The second-order valence-electron chi connectivity index (χ2n) is 13.9. The third-order valence-electron chi connectivity index (χ3n) is 10.6. The Balaban J connectivity index is 1.21. The van der Waals surface area contributed by atoms with Gasteiger partial charge in [-0.1, -0.05) is 125 Å². The molecule has 3 aromatic heterocycles. The molecule has 4 nitrogen and oxygen atoms in total. The lowest BCUT2D eigenvalue weighted by atomic mass is 9.64. The van der Waals surface area contributed by atoms with E-state index in [1.165, 1.54) is 11.3 Å². The van der Waals surface area contributed by atoms with Gasteiger partial charge in [0, 0.05) is 42.2 Å². The fraction of sp³-hybridized carbons (Fsp3) is 0. The molecule has 7 aromatic carbocycles. The van der Waals surface area contributed by atoms with Gasteiger partial charge in [-0.05, 0) is 45.8 Å². The van der Waals surface area contributed by atoms with E-state index in [0.29, 0.717) is 65.2 Å². The molecule has 10 rings (SSSR count). The molecule has 0 N–H and O–H groups in total. The normalized spacial score (nSPS) is 11.6. The molecule has 14 radical (unpaired) electrons. The summed E-state index contributed by atoms with van der Waals surface area (Å²) >= 11 is 1.34. The Morgan fingerprint density at radius 2 is 0.930 bits per heavy atom. The van der Waals surface area contributed by atoms with E-state index < -0.39 is 0 Å². The summed E-state index contributed by atoms with van der Waals surface area (Å²) in [5.41, 5.74) is 9.27. The highest BCUT2D eigenvalue weighted by Gasteiger charge is 2.22. The maximum absolute atomic E-state index is 6.84. The van der Waals surface area contributed by atoms with E-state index >= 15 is 0 Å². The van der Waals surface area contributed by atoms with Gasteiger partial charge in [0.05, 0.1) is 0 Å². The predicted octanol–water partition coefficient (Wildman–Crippen LogP) is 4.03. The van der Waals surface area contributed by atoms with Crippen molar-refractivity contribution in [1.29, 1.82) is 0 Å². The number of para-hydroxylation sites is 1. The second kappa shape index (κ2) is 13.6. The van der Waals surface area contributed by atoms with Crippen LogP contribution < -0.4 is 38.2 Å². The van der Waals surface area contributed by atoms with Crippen LogP contribution in [0.15, 0.2) is 126 Å². The Kier molecular flexibility index (Phi) is 8.46. The van der Waals surface area contributed by atoms with Crippen molar-refractivity contribution in [3.8, 4) is 56.4 Å². The van der Waals surface area contributed by atoms with Crippen molar-refractivity contribution in [2.45, 2.75) is 0 Å². The quantitative estimate of drug-likeness (QED) is 0.252. The van der Waals surface area contributed by atoms with Crippen LogP contribution in [0.2, 0.25) is 0 Å². The summed E-state index contributed by atoms with van der Waals surface area (Å²) in [7, 11) is 45.8. The summed E-state index contributed by atoms with van der Waals surface area (Å²) < 4.78 is 7.57. The van der Waals surface area contributed by atoms with Crippen molar-refractivity contribution in [1.82, 2.24) is 15.0 Å². The summed E-state index contributed by atoms with van der Waals surface area (Å²) in [4.78, 5) is 15.3. The molecule has 0 atom stereocenters. The molecule has 57 heavy (non-hydrogen) atoms. The fourth-order valence-electron chi connectivity index (χ4n) is 7.66. The van der Waals surface area contributed by atoms with Gasteiger partial charge < -0.3 is 4.42 Å². The van der Waals surface area contributed by atoms with Crippen molar-refractivity contribution in [3.63, 3.8) is 0 Å². The van der Waals surface area contributed by atoms with E-state index in [-0.39, 0.29) is 21.9 Å². The van der Waals surface area contributed by atoms with Gasteiger partial charge in [-0.25, -0.2) is 15.0 Å². The molecule has 0 aliphatic carbocycles. The van der Waals surface area contributed by atoms with E-state index in [0.717, 1.165) is 49.8 Å². The van der Waals surface area contributed by atoms with Crippen molar-refractivity contribution >= 4 is 147 Å². The largest absolute Gasteiger partial charge is 0.456 e. The van der Waals surface area contributed by atoms with Gasteiger partial charge in [-0.15, -0.1) is 27.7 Å². The SMILES string of the molecule is [B]c1c([B])c([B])c2c(sc3c([B])c([B])c([B])c(-c4cccc(-c5nc(-c6ccc(-c7ccccc7)cc6)nc(-c6cccc7oc8ccccc8c67)n5)c4)c32)c1[B]. The lowest BCUT2D eigenvalue weighted by Gasteiger charge is -2.18. The highest BCUT2D eigenvalue weighted by molar-refractivity contribution is 7.28. The van der Waals surface area contributed by atoms with Gasteiger partial charge in [0.25, 0.3) is 0 Å². The first kappa shape index (κ1) is 35.4.